The van der Waals surface area contributed by atoms with Crippen molar-refractivity contribution < 1.29 is 14.6 Å². The number of allylic oxidation sites excluding steroid dienone is 4. The summed E-state index contributed by atoms with van der Waals surface area (Å²) in [4.78, 5) is 11.3. The Bertz CT molecular complexity index is 299. The van der Waals surface area contributed by atoms with Gasteiger partial charge in [0.1, 0.15) is 0 Å². The summed E-state index contributed by atoms with van der Waals surface area (Å²) in [6.45, 7) is 6.16. The Morgan fingerprint density at radius 3 is 2.39 bits per heavy atom. The van der Waals surface area contributed by atoms with Gasteiger partial charge in [-0.3, -0.25) is 4.79 Å². The highest BCUT2D eigenvalue weighted by atomic mass is 16.5. The van der Waals surface area contributed by atoms with Gasteiger partial charge in [0.25, 0.3) is 0 Å². The number of ether oxygens (including phenoxy) is 1. The molecule has 0 radical (unpaired) electrons. The van der Waals surface area contributed by atoms with Crippen LogP contribution in [0, 0.1) is 5.92 Å². The molecule has 0 aromatic carbocycles. The lowest BCUT2D eigenvalue weighted by Gasteiger charge is -2.10. The van der Waals surface area contributed by atoms with E-state index in [0.717, 1.165) is 19.3 Å². The first kappa shape index (κ1) is 16.9. The summed E-state index contributed by atoms with van der Waals surface area (Å²) in [5.41, 5.74) is 2.67. The minimum atomic E-state index is -0.392. The van der Waals surface area contributed by atoms with Gasteiger partial charge in [-0.1, -0.05) is 23.3 Å². The predicted molar refractivity (Wildman–Crippen MR) is 74.2 cm³/mol. The van der Waals surface area contributed by atoms with E-state index in [0.29, 0.717) is 6.42 Å². The lowest BCUT2D eigenvalue weighted by atomic mass is 10.0. The van der Waals surface area contributed by atoms with Gasteiger partial charge in [0.2, 0.25) is 0 Å². The monoisotopic (exact) mass is 254 g/mol. The molecule has 0 saturated heterocycles. The van der Waals surface area contributed by atoms with Gasteiger partial charge in [-0.2, -0.15) is 0 Å². The molecule has 0 rings (SSSR count). The lowest BCUT2D eigenvalue weighted by Crippen LogP contribution is -2.19. The average Bonchev–Trinajstić information content (AvgIpc) is 2.33. The number of rotatable bonds is 8. The van der Waals surface area contributed by atoms with Gasteiger partial charge in [-0.15, -0.1) is 0 Å². The molecule has 104 valence electrons. The van der Waals surface area contributed by atoms with Crippen LogP contribution in [0.3, 0.4) is 0 Å². The summed E-state index contributed by atoms with van der Waals surface area (Å²) in [5.74, 6) is -0.718. The summed E-state index contributed by atoms with van der Waals surface area (Å²) >= 11 is 0. The third-order valence-electron chi connectivity index (χ3n) is 2.85. The number of aliphatic hydroxyl groups is 1. The molecule has 0 spiro atoms. The first-order chi connectivity index (χ1) is 8.51. The van der Waals surface area contributed by atoms with Gasteiger partial charge in [-0.25, -0.2) is 0 Å². The van der Waals surface area contributed by atoms with Gasteiger partial charge < -0.3 is 9.84 Å². The second-order valence-electron chi connectivity index (χ2n) is 4.85. The van der Waals surface area contributed by atoms with E-state index in [-0.39, 0.29) is 12.6 Å². The van der Waals surface area contributed by atoms with Crippen molar-refractivity contribution in [1.29, 1.82) is 0 Å². The number of esters is 1. The van der Waals surface area contributed by atoms with Gasteiger partial charge >= 0.3 is 5.97 Å². The van der Waals surface area contributed by atoms with E-state index in [1.807, 2.05) is 0 Å². The Balaban J connectivity index is 3.98. The number of methoxy groups -OCH3 is 1. The molecular formula is C15H26O3. The molecule has 0 bridgehead atoms. The van der Waals surface area contributed by atoms with Gasteiger partial charge in [-0.05, 0) is 46.5 Å². The molecule has 0 fully saturated rings. The van der Waals surface area contributed by atoms with Crippen LogP contribution in [0.4, 0.5) is 0 Å². The highest BCUT2D eigenvalue weighted by molar-refractivity contribution is 5.72. The molecule has 0 unspecified atom stereocenters. The van der Waals surface area contributed by atoms with Crippen LogP contribution in [0.5, 0.6) is 0 Å². The molecule has 0 aliphatic heterocycles. The standard InChI is InChI=1S/C15H26O3/c1-12(2)7-5-8-13(3)9-6-10-14(11-16)15(17)18-4/h7,9,14,16H,5-6,8,10-11H2,1-4H3/b13-9+/t14-/m0/s1. The van der Waals surface area contributed by atoms with Crippen molar-refractivity contribution in [2.75, 3.05) is 13.7 Å². The maximum atomic E-state index is 11.3. The van der Waals surface area contributed by atoms with E-state index in [9.17, 15) is 4.79 Å². The highest BCUT2D eigenvalue weighted by Crippen LogP contribution is 2.12. The van der Waals surface area contributed by atoms with Crippen molar-refractivity contribution in [3.8, 4) is 0 Å². The Hall–Kier alpha value is -1.09. The van der Waals surface area contributed by atoms with E-state index in [1.165, 1.54) is 18.3 Å². The number of hydrogen-bond donors (Lipinski definition) is 1. The van der Waals surface area contributed by atoms with E-state index in [2.05, 4.69) is 37.7 Å². The average molecular weight is 254 g/mol. The number of hydrogen-bond acceptors (Lipinski definition) is 3. The van der Waals surface area contributed by atoms with Crippen LogP contribution in [0.1, 0.15) is 46.5 Å². The molecule has 0 aromatic rings. The zero-order valence-electron chi connectivity index (χ0n) is 12.0. The number of carbonyl (C=O) groups excluding carboxylic acids is 1. The highest BCUT2D eigenvalue weighted by Gasteiger charge is 2.16. The van der Waals surface area contributed by atoms with Gasteiger partial charge in [0, 0.05) is 0 Å². The van der Waals surface area contributed by atoms with Crippen LogP contribution in [-0.2, 0) is 9.53 Å². The molecule has 0 amide bonds. The second-order valence-corrected chi connectivity index (χ2v) is 4.85. The van der Waals surface area contributed by atoms with Crippen molar-refractivity contribution in [3.05, 3.63) is 23.3 Å². The SMILES string of the molecule is COC(=O)[C@H](CO)CC/C=C(\C)CCC=C(C)C. The minimum absolute atomic E-state index is 0.142. The third-order valence-corrected chi connectivity index (χ3v) is 2.85. The Morgan fingerprint density at radius 1 is 1.22 bits per heavy atom. The van der Waals surface area contributed by atoms with Crippen LogP contribution in [0.25, 0.3) is 0 Å². The Labute approximate surface area is 111 Å². The third kappa shape index (κ3) is 8.07. The predicted octanol–water partition coefficient (Wildman–Crippen LogP) is 3.24. The van der Waals surface area contributed by atoms with Gasteiger partial charge in [0.05, 0.1) is 19.6 Å². The fourth-order valence-corrected chi connectivity index (χ4v) is 1.67. The maximum absolute atomic E-state index is 11.3. The summed E-state index contributed by atoms with van der Waals surface area (Å²) in [7, 11) is 1.35. The van der Waals surface area contributed by atoms with E-state index < -0.39 is 5.92 Å². The number of aliphatic hydroxyl groups excluding tert-OH is 1. The molecule has 0 aromatic heterocycles. The van der Waals surface area contributed by atoms with E-state index in [1.54, 1.807) is 0 Å². The van der Waals surface area contributed by atoms with E-state index >= 15 is 0 Å². The Morgan fingerprint density at radius 2 is 1.89 bits per heavy atom. The van der Waals surface area contributed by atoms with Crippen LogP contribution in [-0.4, -0.2) is 24.8 Å². The van der Waals surface area contributed by atoms with Crippen molar-refractivity contribution in [3.63, 3.8) is 0 Å². The topological polar surface area (TPSA) is 46.5 Å². The zero-order valence-corrected chi connectivity index (χ0v) is 12.0. The minimum Gasteiger partial charge on any atom is -0.469 e. The Kier molecular flexibility index (Phi) is 9.29. The van der Waals surface area contributed by atoms with Crippen molar-refractivity contribution >= 4 is 5.97 Å². The molecule has 1 atom stereocenters. The van der Waals surface area contributed by atoms with Crippen LogP contribution >= 0.6 is 0 Å². The zero-order chi connectivity index (χ0) is 14.0. The largest absolute Gasteiger partial charge is 0.469 e. The molecular weight excluding hydrogens is 228 g/mol. The van der Waals surface area contributed by atoms with Crippen molar-refractivity contribution in [1.82, 2.24) is 0 Å². The van der Waals surface area contributed by atoms with Crippen molar-refractivity contribution in [2.24, 2.45) is 5.92 Å². The smallest absolute Gasteiger partial charge is 0.311 e. The molecule has 0 aliphatic carbocycles. The maximum Gasteiger partial charge on any atom is 0.311 e. The first-order valence-corrected chi connectivity index (χ1v) is 6.49. The molecule has 1 N–H and O–H groups in total. The fraction of sp³-hybridized carbons (Fsp3) is 0.667. The molecule has 3 nitrogen and oxygen atoms in total. The van der Waals surface area contributed by atoms with Crippen molar-refractivity contribution in [2.45, 2.75) is 46.5 Å². The molecule has 0 aliphatic rings. The normalized spacial score (nSPS) is 13.1. The fourth-order valence-electron chi connectivity index (χ4n) is 1.67. The summed E-state index contributed by atoms with van der Waals surface area (Å²) in [5, 5.41) is 9.07. The van der Waals surface area contributed by atoms with Gasteiger partial charge in [0.15, 0.2) is 0 Å². The van der Waals surface area contributed by atoms with Crippen LogP contribution in [0.15, 0.2) is 23.3 Å². The second kappa shape index (κ2) is 9.89. The lowest BCUT2D eigenvalue weighted by molar-refractivity contribution is -0.147. The molecule has 18 heavy (non-hydrogen) atoms. The molecule has 3 heteroatoms. The first-order valence-electron chi connectivity index (χ1n) is 6.49. The molecule has 0 heterocycles. The molecule has 0 saturated carbocycles. The quantitative estimate of drug-likeness (QED) is 0.534. The summed E-state index contributed by atoms with van der Waals surface area (Å²) in [6.07, 6.45) is 7.93. The number of carbonyl (C=O) groups is 1. The summed E-state index contributed by atoms with van der Waals surface area (Å²) < 4.78 is 4.62. The summed E-state index contributed by atoms with van der Waals surface area (Å²) in [6, 6.07) is 0. The van der Waals surface area contributed by atoms with E-state index in [4.69, 9.17) is 5.11 Å². The van der Waals surface area contributed by atoms with Crippen LogP contribution in [0.2, 0.25) is 0 Å². The van der Waals surface area contributed by atoms with Crippen LogP contribution < -0.4 is 0 Å².